The minimum Gasteiger partial charge on any atom is -0.313 e. The van der Waals surface area contributed by atoms with Gasteiger partial charge in [-0.25, -0.2) is 0 Å². The third-order valence-electron chi connectivity index (χ3n) is 4.85. The molecule has 1 aliphatic carbocycles. The zero-order valence-electron chi connectivity index (χ0n) is 12.3. The Balaban J connectivity index is 2.29. The van der Waals surface area contributed by atoms with E-state index < -0.39 is 0 Å². The van der Waals surface area contributed by atoms with Gasteiger partial charge < -0.3 is 5.32 Å². The molecular formula is C17H27N. The molecule has 1 fully saturated rings. The first kappa shape index (κ1) is 13.6. The van der Waals surface area contributed by atoms with E-state index in [-0.39, 0.29) is 0 Å². The van der Waals surface area contributed by atoms with Crippen LogP contribution in [0.4, 0.5) is 0 Å². The van der Waals surface area contributed by atoms with Crippen molar-refractivity contribution in [2.45, 2.75) is 58.9 Å². The quantitative estimate of drug-likeness (QED) is 0.824. The van der Waals surface area contributed by atoms with Crippen LogP contribution in [-0.2, 0) is 0 Å². The molecule has 0 amide bonds. The number of hydrogen-bond donors (Lipinski definition) is 1. The van der Waals surface area contributed by atoms with Gasteiger partial charge in [0.05, 0.1) is 0 Å². The van der Waals surface area contributed by atoms with Crippen LogP contribution in [0.25, 0.3) is 0 Å². The molecule has 1 unspecified atom stereocenters. The van der Waals surface area contributed by atoms with E-state index in [1.54, 1.807) is 0 Å². The van der Waals surface area contributed by atoms with Gasteiger partial charge in [0.15, 0.2) is 0 Å². The Bertz CT molecular complexity index is 402. The summed E-state index contributed by atoms with van der Waals surface area (Å²) in [4.78, 5) is 0. The Morgan fingerprint density at radius 2 is 1.72 bits per heavy atom. The molecule has 1 nitrogen and oxygen atoms in total. The van der Waals surface area contributed by atoms with Crippen LogP contribution in [0.5, 0.6) is 0 Å². The zero-order chi connectivity index (χ0) is 13.2. The van der Waals surface area contributed by atoms with Crippen LogP contribution in [0.3, 0.4) is 0 Å². The van der Waals surface area contributed by atoms with Crippen LogP contribution >= 0.6 is 0 Å². The van der Waals surface area contributed by atoms with Gasteiger partial charge in [-0.3, -0.25) is 0 Å². The first-order chi connectivity index (χ1) is 8.57. The first-order valence-corrected chi connectivity index (χ1v) is 7.31. The average molecular weight is 245 g/mol. The van der Waals surface area contributed by atoms with Crippen molar-refractivity contribution in [2.24, 2.45) is 5.41 Å². The highest BCUT2D eigenvalue weighted by Crippen LogP contribution is 2.45. The van der Waals surface area contributed by atoms with Gasteiger partial charge in [-0.05, 0) is 55.8 Å². The highest BCUT2D eigenvalue weighted by atomic mass is 14.9. The van der Waals surface area contributed by atoms with Crippen molar-refractivity contribution in [3.05, 3.63) is 34.9 Å². The van der Waals surface area contributed by atoms with Gasteiger partial charge in [0.1, 0.15) is 0 Å². The van der Waals surface area contributed by atoms with Gasteiger partial charge in [-0.2, -0.15) is 0 Å². The summed E-state index contributed by atoms with van der Waals surface area (Å²) in [7, 11) is 2.11. The molecule has 2 rings (SSSR count). The lowest BCUT2D eigenvalue weighted by atomic mass is 9.68. The molecule has 1 aromatic carbocycles. The SMILES string of the molecule is CNC(c1ccc(C)c(C)c1)C1(C)CCCCC1. The monoisotopic (exact) mass is 245 g/mol. The van der Waals surface area contributed by atoms with Crippen LogP contribution in [0, 0.1) is 19.3 Å². The van der Waals surface area contributed by atoms with E-state index in [4.69, 9.17) is 0 Å². The van der Waals surface area contributed by atoms with Crippen molar-refractivity contribution in [2.75, 3.05) is 7.05 Å². The van der Waals surface area contributed by atoms with Gasteiger partial charge in [0, 0.05) is 6.04 Å². The van der Waals surface area contributed by atoms with Crippen LogP contribution in [0.15, 0.2) is 18.2 Å². The maximum Gasteiger partial charge on any atom is 0.0372 e. The second-order valence-corrected chi connectivity index (χ2v) is 6.28. The molecule has 0 saturated heterocycles. The second kappa shape index (κ2) is 5.44. The summed E-state index contributed by atoms with van der Waals surface area (Å²) in [6.45, 7) is 6.87. The molecule has 100 valence electrons. The molecule has 1 saturated carbocycles. The van der Waals surface area contributed by atoms with Gasteiger partial charge in [0.2, 0.25) is 0 Å². The molecular weight excluding hydrogens is 218 g/mol. The standard InChI is InChI=1S/C17H27N/c1-13-8-9-15(12-14(13)2)16(18-4)17(3)10-6-5-7-11-17/h8-9,12,16,18H,5-7,10-11H2,1-4H3. The normalized spacial score (nSPS) is 20.7. The number of rotatable bonds is 3. The third kappa shape index (κ3) is 2.61. The average Bonchev–Trinajstić information content (AvgIpc) is 2.35. The highest BCUT2D eigenvalue weighted by Gasteiger charge is 2.35. The summed E-state index contributed by atoms with van der Waals surface area (Å²) in [5.41, 5.74) is 4.69. The predicted octanol–water partition coefficient (Wildman–Crippen LogP) is 4.53. The predicted molar refractivity (Wildman–Crippen MR) is 78.9 cm³/mol. The Morgan fingerprint density at radius 1 is 1.06 bits per heavy atom. The molecule has 0 radical (unpaired) electrons. The molecule has 0 aliphatic heterocycles. The summed E-state index contributed by atoms with van der Waals surface area (Å²) < 4.78 is 0. The summed E-state index contributed by atoms with van der Waals surface area (Å²) in [6, 6.07) is 7.44. The lowest BCUT2D eigenvalue weighted by Gasteiger charge is -2.41. The fraction of sp³-hybridized carbons (Fsp3) is 0.647. The van der Waals surface area contributed by atoms with E-state index in [1.807, 2.05) is 0 Å². The van der Waals surface area contributed by atoms with E-state index in [1.165, 1.54) is 48.8 Å². The van der Waals surface area contributed by atoms with Gasteiger partial charge in [-0.15, -0.1) is 0 Å². The Kier molecular flexibility index (Phi) is 4.11. The topological polar surface area (TPSA) is 12.0 Å². The van der Waals surface area contributed by atoms with Crippen LogP contribution in [0.1, 0.15) is 61.8 Å². The van der Waals surface area contributed by atoms with Crippen molar-refractivity contribution >= 4 is 0 Å². The maximum absolute atomic E-state index is 3.58. The Morgan fingerprint density at radius 3 is 2.28 bits per heavy atom. The summed E-state index contributed by atoms with van der Waals surface area (Å²) >= 11 is 0. The number of benzene rings is 1. The lowest BCUT2D eigenvalue weighted by Crippen LogP contribution is -2.36. The van der Waals surface area contributed by atoms with Crippen molar-refractivity contribution in [3.63, 3.8) is 0 Å². The van der Waals surface area contributed by atoms with Gasteiger partial charge in [-0.1, -0.05) is 44.4 Å². The lowest BCUT2D eigenvalue weighted by molar-refractivity contribution is 0.150. The third-order valence-corrected chi connectivity index (χ3v) is 4.85. The van der Waals surface area contributed by atoms with Crippen LogP contribution in [0.2, 0.25) is 0 Å². The molecule has 0 bridgehead atoms. The fourth-order valence-electron chi connectivity index (χ4n) is 3.51. The van der Waals surface area contributed by atoms with Crippen molar-refractivity contribution in [1.82, 2.24) is 5.32 Å². The molecule has 0 spiro atoms. The minimum absolute atomic E-state index is 0.425. The molecule has 1 aliphatic rings. The van der Waals surface area contributed by atoms with Crippen LogP contribution < -0.4 is 5.32 Å². The summed E-state index contributed by atoms with van der Waals surface area (Å²) in [6.07, 6.45) is 6.90. The largest absolute Gasteiger partial charge is 0.313 e. The van der Waals surface area contributed by atoms with Gasteiger partial charge >= 0.3 is 0 Å². The molecule has 1 atom stereocenters. The molecule has 1 N–H and O–H groups in total. The number of nitrogens with one attached hydrogen (secondary N) is 1. The highest BCUT2D eigenvalue weighted by molar-refractivity contribution is 5.32. The van der Waals surface area contributed by atoms with Crippen LogP contribution in [-0.4, -0.2) is 7.05 Å². The Hall–Kier alpha value is -0.820. The number of hydrogen-bond acceptors (Lipinski definition) is 1. The van der Waals surface area contributed by atoms with E-state index in [2.05, 4.69) is 51.3 Å². The maximum atomic E-state index is 3.58. The summed E-state index contributed by atoms with van der Waals surface area (Å²) in [5.74, 6) is 0. The first-order valence-electron chi connectivity index (χ1n) is 7.31. The zero-order valence-corrected chi connectivity index (χ0v) is 12.3. The molecule has 1 aromatic rings. The second-order valence-electron chi connectivity index (χ2n) is 6.28. The molecule has 0 heterocycles. The van der Waals surface area contributed by atoms with Crippen molar-refractivity contribution in [1.29, 1.82) is 0 Å². The smallest absolute Gasteiger partial charge is 0.0372 e. The fourth-order valence-corrected chi connectivity index (χ4v) is 3.51. The van der Waals surface area contributed by atoms with Crippen molar-refractivity contribution in [3.8, 4) is 0 Å². The Labute approximate surface area is 112 Å². The van der Waals surface area contributed by atoms with E-state index >= 15 is 0 Å². The minimum atomic E-state index is 0.425. The van der Waals surface area contributed by atoms with Crippen molar-refractivity contribution < 1.29 is 0 Å². The number of aryl methyl sites for hydroxylation is 2. The van der Waals surface area contributed by atoms with Gasteiger partial charge in [0.25, 0.3) is 0 Å². The van der Waals surface area contributed by atoms with E-state index in [0.29, 0.717) is 11.5 Å². The van der Waals surface area contributed by atoms with E-state index in [9.17, 15) is 0 Å². The summed E-state index contributed by atoms with van der Waals surface area (Å²) in [5, 5.41) is 3.58. The molecule has 1 heteroatoms. The van der Waals surface area contributed by atoms with E-state index in [0.717, 1.165) is 0 Å². The molecule has 18 heavy (non-hydrogen) atoms. The molecule has 0 aromatic heterocycles.